The molecule has 0 aliphatic carbocycles. The quantitative estimate of drug-likeness (QED) is 0.598. The number of aromatic nitrogens is 2. The standard InChI is InChI=1S/C20H21N3O5/c1-4-5-12-15-13(10-14(27-2)18(12)28-3)22-20(26)16(17(15)24)23-19(25)11-6-8-21-9-7-11/h6-10H,4-5H2,1-3H3,(H,23,25)(H2,22,24,26). The van der Waals surface area contributed by atoms with E-state index >= 15 is 0 Å². The van der Waals surface area contributed by atoms with Crippen molar-refractivity contribution in [2.24, 2.45) is 0 Å². The average molecular weight is 383 g/mol. The van der Waals surface area contributed by atoms with E-state index in [9.17, 15) is 15.0 Å². The number of benzene rings is 1. The number of carbonyl (C=O) groups excluding carboxylic acids is 1. The summed E-state index contributed by atoms with van der Waals surface area (Å²) in [6.07, 6.45) is 4.31. The van der Waals surface area contributed by atoms with E-state index in [4.69, 9.17) is 9.47 Å². The molecule has 3 N–H and O–H groups in total. The second-order valence-electron chi connectivity index (χ2n) is 6.08. The molecule has 0 bridgehead atoms. The zero-order valence-corrected chi connectivity index (χ0v) is 15.8. The van der Waals surface area contributed by atoms with Crippen LogP contribution in [-0.4, -0.2) is 40.3 Å². The monoisotopic (exact) mass is 383 g/mol. The highest BCUT2D eigenvalue weighted by molar-refractivity contribution is 6.08. The number of pyridine rings is 2. The van der Waals surface area contributed by atoms with E-state index in [1.807, 2.05) is 6.92 Å². The first-order valence-electron chi connectivity index (χ1n) is 8.72. The lowest BCUT2D eigenvalue weighted by molar-refractivity contribution is 0.102. The smallest absolute Gasteiger partial charge is 0.256 e. The van der Waals surface area contributed by atoms with Gasteiger partial charge in [-0.25, -0.2) is 4.98 Å². The van der Waals surface area contributed by atoms with Crippen LogP contribution in [0.15, 0.2) is 30.6 Å². The van der Waals surface area contributed by atoms with Gasteiger partial charge in [0.05, 0.1) is 25.1 Å². The van der Waals surface area contributed by atoms with Crippen molar-refractivity contribution in [3.63, 3.8) is 0 Å². The van der Waals surface area contributed by atoms with Crippen molar-refractivity contribution in [2.75, 3.05) is 19.5 Å². The van der Waals surface area contributed by atoms with E-state index in [1.54, 1.807) is 6.07 Å². The number of aryl methyl sites for hydroxylation is 1. The number of anilines is 1. The van der Waals surface area contributed by atoms with Gasteiger partial charge in [0.25, 0.3) is 5.91 Å². The van der Waals surface area contributed by atoms with Crippen LogP contribution in [0.3, 0.4) is 0 Å². The number of methoxy groups -OCH3 is 2. The molecule has 8 heteroatoms. The number of amides is 1. The highest BCUT2D eigenvalue weighted by Crippen LogP contribution is 2.46. The van der Waals surface area contributed by atoms with Gasteiger partial charge in [0.2, 0.25) is 5.88 Å². The van der Waals surface area contributed by atoms with Crippen molar-refractivity contribution >= 4 is 22.5 Å². The summed E-state index contributed by atoms with van der Waals surface area (Å²) in [6.45, 7) is 1.99. The summed E-state index contributed by atoms with van der Waals surface area (Å²) < 4.78 is 10.8. The van der Waals surface area contributed by atoms with Crippen LogP contribution in [0, 0.1) is 0 Å². The van der Waals surface area contributed by atoms with Crippen LogP contribution < -0.4 is 14.8 Å². The molecule has 3 rings (SSSR count). The third kappa shape index (κ3) is 3.36. The van der Waals surface area contributed by atoms with Gasteiger partial charge in [0.1, 0.15) is 5.69 Å². The van der Waals surface area contributed by atoms with E-state index in [0.717, 1.165) is 6.42 Å². The first-order chi connectivity index (χ1) is 13.5. The number of nitrogens with zero attached hydrogens (tertiary/aromatic N) is 2. The van der Waals surface area contributed by atoms with E-state index < -0.39 is 11.8 Å². The maximum Gasteiger partial charge on any atom is 0.256 e. The lowest BCUT2D eigenvalue weighted by Gasteiger charge is -2.18. The largest absolute Gasteiger partial charge is 0.505 e. The molecule has 28 heavy (non-hydrogen) atoms. The molecular formula is C20H21N3O5. The number of carbonyl (C=O) groups is 1. The molecule has 1 amide bonds. The van der Waals surface area contributed by atoms with E-state index in [-0.39, 0.29) is 11.4 Å². The molecule has 0 fully saturated rings. The summed E-state index contributed by atoms with van der Waals surface area (Å²) in [7, 11) is 3.02. The Hall–Kier alpha value is -3.55. The maximum absolute atomic E-state index is 12.5. The minimum atomic E-state index is -0.508. The normalized spacial score (nSPS) is 10.7. The molecule has 0 unspecified atom stereocenters. The third-order valence-electron chi connectivity index (χ3n) is 4.35. The highest BCUT2D eigenvalue weighted by Gasteiger charge is 2.23. The molecule has 0 spiro atoms. The summed E-state index contributed by atoms with van der Waals surface area (Å²) in [5.74, 6) is -0.368. The second kappa shape index (κ2) is 7.99. The molecule has 1 aromatic carbocycles. The predicted molar refractivity (Wildman–Crippen MR) is 104 cm³/mol. The van der Waals surface area contributed by atoms with Gasteiger partial charge >= 0.3 is 0 Å². The van der Waals surface area contributed by atoms with Crippen molar-refractivity contribution in [2.45, 2.75) is 19.8 Å². The molecular weight excluding hydrogens is 362 g/mol. The molecule has 0 saturated carbocycles. The Morgan fingerprint density at radius 1 is 1.18 bits per heavy atom. The molecule has 0 aliphatic heterocycles. The van der Waals surface area contributed by atoms with Crippen molar-refractivity contribution in [1.82, 2.24) is 9.97 Å². The van der Waals surface area contributed by atoms with Gasteiger partial charge in [-0.05, 0) is 18.6 Å². The van der Waals surface area contributed by atoms with Crippen LogP contribution in [0.25, 0.3) is 10.9 Å². The van der Waals surface area contributed by atoms with Gasteiger partial charge < -0.3 is 25.0 Å². The van der Waals surface area contributed by atoms with Crippen LogP contribution in [0.4, 0.5) is 5.69 Å². The highest BCUT2D eigenvalue weighted by atomic mass is 16.5. The zero-order chi connectivity index (χ0) is 20.3. The molecule has 2 heterocycles. The Morgan fingerprint density at radius 2 is 1.89 bits per heavy atom. The minimum Gasteiger partial charge on any atom is -0.505 e. The van der Waals surface area contributed by atoms with Crippen molar-refractivity contribution in [1.29, 1.82) is 0 Å². The van der Waals surface area contributed by atoms with Crippen LogP contribution in [0.1, 0.15) is 29.3 Å². The summed E-state index contributed by atoms with van der Waals surface area (Å²) >= 11 is 0. The van der Waals surface area contributed by atoms with E-state index in [0.29, 0.717) is 39.9 Å². The second-order valence-corrected chi connectivity index (χ2v) is 6.08. The average Bonchev–Trinajstić information content (AvgIpc) is 2.71. The Balaban J connectivity index is 2.20. The molecule has 2 aromatic heterocycles. The van der Waals surface area contributed by atoms with Gasteiger partial charge in [0.15, 0.2) is 17.2 Å². The topological polar surface area (TPSA) is 114 Å². The Labute approximate surface area is 161 Å². The number of fused-ring (bicyclic) bond motifs is 1. The van der Waals surface area contributed by atoms with Gasteiger partial charge in [0, 0.05) is 29.6 Å². The summed E-state index contributed by atoms with van der Waals surface area (Å²) in [5.41, 5.74) is 1.18. The molecule has 0 saturated heterocycles. The molecule has 0 atom stereocenters. The summed E-state index contributed by atoms with van der Waals surface area (Å²) in [5, 5.41) is 24.1. The van der Waals surface area contributed by atoms with Crippen LogP contribution >= 0.6 is 0 Å². The maximum atomic E-state index is 12.5. The predicted octanol–water partition coefficient (Wildman–Crippen LogP) is 3.26. The molecule has 3 aromatic rings. The lowest BCUT2D eigenvalue weighted by atomic mass is 10.0. The van der Waals surface area contributed by atoms with Crippen molar-refractivity contribution in [3.05, 3.63) is 41.7 Å². The number of hydrogen-bond donors (Lipinski definition) is 3. The minimum absolute atomic E-state index is 0.168. The lowest BCUT2D eigenvalue weighted by Crippen LogP contribution is -2.13. The number of ether oxygens (including phenoxy) is 2. The van der Waals surface area contributed by atoms with Gasteiger partial charge in [-0.2, -0.15) is 0 Å². The number of aromatic hydroxyl groups is 2. The SMILES string of the molecule is CCCc1c(OC)c(OC)cc2nc(O)c(NC(=O)c3ccncc3)c(O)c12. The molecule has 0 radical (unpaired) electrons. The number of nitrogens with one attached hydrogen (secondary N) is 1. The number of hydrogen-bond acceptors (Lipinski definition) is 7. The van der Waals surface area contributed by atoms with Gasteiger partial charge in [-0.1, -0.05) is 13.3 Å². The fraction of sp³-hybridized carbons (Fsp3) is 0.250. The Morgan fingerprint density at radius 3 is 2.50 bits per heavy atom. The third-order valence-corrected chi connectivity index (χ3v) is 4.35. The molecule has 0 aliphatic rings. The first-order valence-corrected chi connectivity index (χ1v) is 8.72. The summed E-state index contributed by atoms with van der Waals surface area (Å²) in [4.78, 5) is 20.5. The zero-order valence-electron chi connectivity index (χ0n) is 15.8. The van der Waals surface area contributed by atoms with Crippen LogP contribution in [-0.2, 0) is 6.42 Å². The number of rotatable bonds is 6. The van der Waals surface area contributed by atoms with Crippen molar-refractivity contribution < 1.29 is 24.5 Å². The van der Waals surface area contributed by atoms with E-state index in [1.165, 1.54) is 38.7 Å². The van der Waals surface area contributed by atoms with Gasteiger partial charge in [-0.15, -0.1) is 0 Å². The molecule has 8 nitrogen and oxygen atoms in total. The summed E-state index contributed by atoms with van der Waals surface area (Å²) in [6, 6.07) is 4.61. The van der Waals surface area contributed by atoms with Crippen LogP contribution in [0.5, 0.6) is 23.1 Å². The fourth-order valence-corrected chi connectivity index (χ4v) is 3.10. The Kier molecular flexibility index (Phi) is 5.49. The Bertz CT molecular complexity index is 1020. The van der Waals surface area contributed by atoms with E-state index in [2.05, 4.69) is 15.3 Å². The van der Waals surface area contributed by atoms with Crippen molar-refractivity contribution in [3.8, 4) is 23.1 Å². The fourth-order valence-electron chi connectivity index (χ4n) is 3.10. The first kappa shape index (κ1) is 19.2. The van der Waals surface area contributed by atoms with Gasteiger partial charge in [-0.3, -0.25) is 9.78 Å². The van der Waals surface area contributed by atoms with Crippen LogP contribution in [0.2, 0.25) is 0 Å². The molecule has 146 valence electrons.